The molecule has 3 heterocycles. The third-order valence-electron chi connectivity index (χ3n) is 4.61. The molecule has 0 saturated heterocycles. The van der Waals surface area contributed by atoms with Crippen LogP contribution in [-0.4, -0.2) is 54.5 Å². The van der Waals surface area contributed by atoms with E-state index in [1.165, 1.54) is 6.07 Å². The summed E-state index contributed by atoms with van der Waals surface area (Å²) in [5.41, 5.74) is -4.67. The zero-order chi connectivity index (χ0) is 23.4. The molecular weight excluding hydrogens is 439 g/mol. The smallest absolute Gasteiger partial charge is 0.459 e. The normalized spacial score (nSPS) is 16.7. The summed E-state index contributed by atoms with van der Waals surface area (Å²) in [6.45, 7) is 7.83. The summed E-state index contributed by atoms with van der Waals surface area (Å²) in [5, 5.41) is 0.523. The first-order chi connectivity index (χ1) is 14.1. The van der Waals surface area contributed by atoms with Crippen molar-refractivity contribution in [1.82, 2.24) is 14.9 Å². The Kier molecular flexibility index (Phi) is 5.49. The molecule has 0 spiro atoms. The lowest BCUT2D eigenvalue weighted by molar-refractivity contribution is -0.140. The Morgan fingerprint density at radius 1 is 1.29 bits per heavy atom. The number of fused-ring (bicyclic) bond motifs is 3. The van der Waals surface area contributed by atoms with E-state index in [-0.39, 0.29) is 17.3 Å². The van der Waals surface area contributed by atoms with Crippen LogP contribution in [0.15, 0.2) is 18.3 Å². The van der Waals surface area contributed by atoms with E-state index in [2.05, 4.69) is 14.2 Å². The molecule has 3 rings (SSSR count). The fourth-order valence-electron chi connectivity index (χ4n) is 3.63. The maximum atomic E-state index is 12.7. The van der Waals surface area contributed by atoms with Gasteiger partial charge in [-0.1, -0.05) is 13.8 Å². The lowest BCUT2D eigenvalue weighted by Gasteiger charge is -2.28. The number of ether oxygens (including phenoxy) is 1. The minimum atomic E-state index is -5.86. The number of carbonyl (C=O) groups excluding carboxylic acids is 1. The lowest BCUT2D eigenvalue weighted by Crippen LogP contribution is -2.30. The van der Waals surface area contributed by atoms with Crippen LogP contribution in [0.5, 0.6) is 5.88 Å². The van der Waals surface area contributed by atoms with Gasteiger partial charge in [-0.15, -0.1) is 0 Å². The third-order valence-corrected chi connectivity index (χ3v) is 5.57. The van der Waals surface area contributed by atoms with Crippen molar-refractivity contribution in [3.63, 3.8) is 0 Å². The molecule has 0 atom stereocenters. The Morgan fingerprint density at radius 3 is 2.52 bits per heavy atom. The summed E-state index contributed by atoms with van der Waals surface area (Å²) in [6, 6.07) is 2.46. The molecule has 1 aliphatic heterocycles. The van der Waals surface area contributed by atoms with Crippen LogP contribution in [0, 0.1) is 0 Å². The second-order valence-electron chi connectivity index (χ2n) is 8.20. The Labute approximate surface area is 177 Å². The number of alkyl halides is 3. The van der Waals surface area contributed by atoms with Crippen molar-refractivity contribution < 1.29 is 35.3 Å². The van der Waals surface area contributed by atoms with Crippen LogP contribution >= 0.6 is 0 Å². The molecule has 1 aliphatic rings. The highest BCUT2D eigenvalue weighted by molar-refractivity contribution is 7.87. The molecule has 12 heteroatoms. The van der Waals surface area contributed by atoms with Crippen LogP contribution < -0.4 is 4.18 Å². The molecule has 0 amide bonds. The van der Waals surface area contributed by atoms with E-state index in [1.807, 2.05) is 25.8 Å². The molecule has 0 aromatic carbocycles. The number of rotatable bonds is 4. The number of aromatic nitrogens is 2. The number of nitrogens with one attached hydrogen (secondary N) is 1. The van der Waals surface area contributed by atoms with Gasteiger partial charge >= 0.3 is 21.6 Å². The standard InChI is InChI=1S/C19H22F3N3O5S/c1-10(2)29-17(26)12-8-25(5)9-18(3,4)14-11-6-7-13(23-16(11)24-15(12)14)30-31(27,28)19(20,21)22/h6-8,10H,9H2,1-5H3,(H,23,24). The number of pyridine rings is 1. The van der Waals surface area contributed by atoms with E-state index in [0.717, 1.165) is 6.07 Å². The number of H-pyrrole nitrogens is 1. The zero-order valence-electron chi connectivity index (χ0n) is 17.5. The van der Waals surface area contributed by atoms with Gasteiger partial charge < -0.3 is 18.8 Å². The molecule has 8 nitrogen and oxygen atoms in total. The number of esters is 1. The molecule has 0 saturated carbocycles. The van der Waals surface area contributed by atoms with Gasteiger partial charge in [-0.3, -0.25) is 0 Å². The molecule has 170 valence electrons. The highest BCUT2D eigenvalue weighted by Gasteiger charge is 2.49. The van der Waals surface area contributed by atoms with Crippen molar-refractivity contribution in [3.8, 4) is 5.88 Å². The quantitative estimate of drug-likeness (QED) is 0.423. The van der Waals surface area contributed by atoms with Gasteiger partial charge in [-0.2, -0.15) is 26.6 Å². The van der Waals surface area contributed by atoms with Gasteiger partial charge in [0.05, 0.1) is 17.4 Å². The Hall–Kier alpha value is -2.76. The molecule has 1 N–H and O–H groups in total. The van der Waals surface area contributed by atoms with E-state index >= 15 is 0 Å². The summed E-state index contributed by atoms with van der Waals surface area (Å²) >= 11 is 0. The number of nitrogens with zero attached hydrogens (tertiary/aromatic N) is 2. The fourth-order valence-corrected chi connectivity index (χ4v) is 4.04. The van der Waals surface area contributed by atoms with Crippen LogP contribution in [0.25, 0.3) is 16.6 Å². The average Bonchev–Trinajstić information content (AvgIpc) is 2.91. The first-order valence-electron chi connectivity index (χ1n) is 9.30. The molecule has 0 radical (unpaired) electrons. The van der Waals surface area contributed by atoms with Crippen LogP contribution in [0.4, 0.5) is 13.2 Å². The predicted octanol–water partition coefficient (Wildman–Crippen LogP) is 3.31. The maximum absolute atomic E-state index is 12.7. The number of aromatic amines is 1. The number of halogens is 3. The Balaban J connectivity index is 2.17. The Morgan fingerprint density at radius 2 is 1.94 bits per heavy atom. The number of hydrogen-bond donors (Lipinski definition) is 1. The molecule has 0 aliphatic carbocycles. The molecule has 2 aromatic rings. The van der Waals surface area contributed by atoms with Crippen molar-refractivity contribution in [2.45, 2.75) is 44.7 Å². The second kappa shape index (κ2) is 7.43. The van der Waals surface area contributed by atoms with Crippen LogP contribution in [0.2, 0.25) is 0 Å². The maximum Gasteiger partial charge on any atom is 0.534 e. The van der Waals surface area contributed by atoms with Crippen molar-refractivity contribution in [2.24, 2.45) is 0 Å². The van der Waals surface area contributed by atoms with Gasteiger partial charge in [0.25, 0.3) is 0 Å². The van der Waals surface area contributed by atoms with Gasteiger partial charge in [-0.25, -0.2) is 4.79 Å². The number of likely N-dealkylation sites (N-methyl/N-ethyl adjacent to an activating group) is 1. The minimum absolute atomic E-state index is 0.0840. The van der Waals surface area contributed by atoms with Crippen molar-refractivity contribution in [2.75, 3.05) is 13.6 Å². The van der Waals surface area contributed by atoms with E-state index in [4.69, 9.17) is 4.74 Å². The molecule has 0 unspecified atom stereocenters. The van der Waals surface area contributed by atoms with Gasteiger partial charge in [0.1, 0.15) is 5.65 Å². The highest BCUT2D eigenvalue weighted by atomic mass is 32.2. The van der Waals surface area contributed by atoms with E-state index in [0.29, 0.717) is 23.2 Å². The lowest BCUT2D eigenvalue weighted by atomic mass is 9.82. The van der Waals surface area contributed by atoms with Crippen molar-refractivity contribution >= 4 is 32.7 Å². The molecular formula is C19H22F3N3O5S. The molecule has 0 fully saturated rings. The van der Waals surface area contributed by atoms with Crippen LogP contribution in [0.1, 0.15) is 39.0 Å². The summed E-state index contributed by atoms with van der Waals surface area (Å²) in [6.07, 6.45) is 1.26. The van der Waals surface area contributed by atoms with Crippen LogP contribution in [-0.2, 0) is 25.1 Å². The topological polar surface area (TPSA) is 102 Å². The second-order valence-corrected chi connectivity index (χ2v) is 9.74. The highest BCUT2D eigenvalue weighted by Crippen LogP contribution is 2.40. The minimum Gasteiger partial charge on any atom is -0.459 e. The van der Waals surface area contributed by atoms with Crippen LogP contribution in [0.3, 0.4) is 0 Å². The average molecular weight is 461 g/mol. The zero-order valence-corrected chi connectivity index (χ0v) is 18.3. The summed E-state index contributed by atoms with van der Waals surface area (Å²) in [4.78, 5) is 21.4. The number of carbonyl (C=O) groups is 1. The van der Waals surface area contributed by atoms with Gasteiger partial charge in [0, 0.05) is 36.7 Å². The van der Waals surface area contributed by atoms with Crippen molar-refractivity contribution in [1.29, 1.82) is 0 Å². The van der Waals surface area contributed by atoms with Gasteiger partial charge in [0.15, 0.2) is 0 Å². The summed E-state index contributed by atoms with van der Waals surface area (Å²) < 4.78 is 70.0. The summed E-state index contributed by atoms with van der Waals surface area (Å²) in [7, 11) is -4.05. The van der Waals surface area contributed by atoms with E-state index < -0.39 is 32.9 Å². The molecule has 0 bridgehead atoms. The van der Waals surface area contributed by atoms with E-state index in [1.54, 1.807) is 20.0 Å². The predicted molar refractivity (Wildman–Crippen MR) is 107 cm³/mol. The van der Waals surface area contributed by atoms with Crippen molar-refractivity contribution in [3.05, 3.63) is 29.6 Å². The summed E-state index contributed by atoms with van der Waals surface area (Å²) in [5.74, 6) is -1.32. The fraction of sp³-hybridized carbons (Fsp3) is 0.474. The first-order valence-corrected chi connectivity index (χ1v) is 10.7. The monoisotopic (exact) mass is 461 g/mol. The first kappa shape index (κ1) is 22.9. The van der Waals surface area contributed by atoms with E-state index in [9.17, 15) is 26.4 Å². The number of hydrogen-bond acceptors (Lipinski definition) is 7. The molecule has 2 aromatic heterocycles. The Bertz CT molecular complexity index is 1170. The van der Waals surface area contributed by atoms with Gasteiger partial charge in [-0.05, 0) is 25.5 Å². The van der Waals surface area contributed by atoms with Gasteiger partial charge in [0.2, 0.25) is 5.88 Å². The molecule has 31 heavy (non-hydrogen) atoms. The third kappa shape index (κ3) is 4.34. The largest absolute Gasteiger partial charge is 0.534 e. The SMILES string of the molecule is CC(C)OC(=O)C1=CN(C)CC(C)(C)c2c1[nH]c1nc(OS(=O)(=O)C(F)(F)F)ccc21.